The number of hydrogen-bond donors (Lipinski definition) is 3. The van der Waals surface area contributed by atoms with Crippen molar-refractivity contribution < 1.29 is 19.8 Å². The van der Waals surface area contributed by atoms with Crippen molar-refractivity contribution in [3.8, 4) is 5.75 Å². The van der Waals surface area contributed by atoms with Gasteiger partial charge < -0.3 is 15.5 Å². The van der Waals surface area contributed by atoms with E-state index in [0.29, 0.717) is 5.92 Å². The summed E-state index contributed by atoms with van der Waals surface area (Å²) in [6.07, 6.45) is 15.1. The summed E-state index contributed by atoms with van der Waals surface area (Å²) in [6.45, 7) is 3.27. The average Bonchev–Trinajstić information content (AvgIpc) is 2.60. The number of amides is 1. The molecule has 0 bridgehead atoms. The molecule has 1 aromatic rings. The monoisotopic (exact) mass is 404 g/mol. The first-order valence-corrected chi connectivity index (χ1v) is 11.0. The van der Waals surface area contributed by atoms with Crippen LogP contribution < -0.4 is 5.32 Å². The smallest absolute Gasteiger partial charge is 0.305 e. The molecule has 29 heavy (non-hydrogen) atoms. The van der Waals surface area contributed by atoms with Crippen LogP contribution in [0.1, 0.15) is 113 Å². The molecule has 0 aliphatic heterocycles. The molecule has 6 nitrogen and oxygen atoms in total. The third-order valence-corrected chi connectivity index (χ3v) is 5.73. The zero-order chi connectivity index (χ0) is 21.3. The van der Waals surface area contributed by atoms with E-state index in [1.54, 1.807) is 26.1 Å². The van der Waals surface area contributed by atoms with E-state index in [-0.39, 0.29) is 17.9 Å². The number of carboxylic acids is 1. The standard InChI is InChI=1S/C23H36N2O4/c1-23(2,15-20(27)28)25-22(29)21-19(26)14-18(16-24-21)17-12-10-8-6-4-3-5-7-9-11-13-17/h14,16-17,26H,3-13,15H2,1-2H3,(H,25,29)(H,27,28). The van der Waals surface area contributed by atoms with E-state index in [9.17, 15) is 14.7 Å². The molecule has 3 N–H and O–H groups in total. The first-order valence-electron chi connectivity index (χ1n) is 11.0. The summed E-state index contributed by atoms with van der Waals surface area (Å²) in [6, 6.07) is 1.67. The summed E-state index contributed by atoms with van der Waals surface area (Å²) in [7, 11) is 0. The van der Waals surface area contributed by atoms with Gasteiger partial charge in [0.15, 0.2) is 5.69 Å². The van der Waals surface area contributed by atoms with Crippen molar-refractivity contribution in [1.29, 1.82) is 0 Å². The first kappa shape index (κ1) is 23.2. The van der Waals surface area contributed by atoms with Gasteiger partial charge in [-0.3, -0.25) is 9.59 Å². The number of rotatable bonds is 5. The number of aliphatic carboxylic acids is 1. The Morgan fingerprint density at radius 3 is 2.03 bits per heavy atom. The minimum absolute atomic E-state index is 0.0552. The highest BCUT2D eigenvalue weighted by Crippen LogP contribution is 2.31. The summed E-state index contributed by atoms with van der Waals surface area (Å²) < 4.78 is 0. The maximum absolute atomic E-state index is 12.5. The molecule has 1 fully saturated rings. The molecule has 1 saturated carbocycles. The number of nitrogens with zero attached hydrogens (tertiary/aromatic N) is 1. The van der Waals surface area contributed by atoms with Crippen molar-refractivity contribution in [1.82, 2.24) is 10.3 Å². The number of carbonyl (C=O) groups excluding carboxylic acids is 1. The lowest BCUT2D eigenvalue weighted by atomic mass is 9.88. The van der Waals surface area contributed by atoms with Gasteiger partial charge in [0.1, 0.15) is 5.75 Å². The van der Waals surface area contributed by atoms with Crippen LogP contribution >= 0.6 is 0 Å². The van der Waals surface area contributed by atoms with Gasteiger partial charge in [-0.25, -0.2) is 4.98 Å². The van der Waals surface area contributed by atoms with Crippen molar-refractivity contribution in [2.45, 2.75) is 102 Å². The Kier molecular flexibility index (Phi) is 8.93. The molecule has 6 heteroatoms. The van der Waals surface area contributed by atoms with E-state index in [4.69, 9.17) is 5.11 Å². The van der Waals surface area contributed by atoms with Gasteiger partial charge >= 0.3 is 5.97 Å². The second-order valence-corrected chi connectivity index (χ2v) is 9.00. The number of pyridine rings is 1. The zero-order valence-electron chi connectivity index (χ0n) is 17.9. The van der Waals surface area contributed by atoms with Crippen LogP contribution in [0, 0.1) is 0 Å². The van der Waals surface area contributed by atoms with E-state index in [2.05, 4.69) is 10.3 Å². The Morgan fingerprint density at radius 1 is 1.03 bits per heavy atom. The topological polar surface area (TPSA) is 99.5 Å². The maximum Gasteiger partial charge on any atom is 0.305 e. The quantitative estimate of drug-likeness (QED) is 0.629. The zero-order valence-corrected chi connectivity index (χ0v) is 17.9. The Balaban J connectivity index is 2.07. The van der Waals surface area contributed by atoms with Crippen LogP contribution in [0.5, 0.6) is 5.75 Å². The van der Waals surface area contributed by atoms with Crippen LogP contribution in [0.3, 0.4) is 0 Å². The van der Waals surface area contributed by atoms with Crippen LogP contribution in [0.25, 0.3) is 0 Å². The Labute approximate surface area is 174 Å². The van der Waals surface area contributed by atoms with E-state index >= 15 is 0 Å². The number of carbonyl (C=O) groups is 2. The van der Waals surface area contributed by atoms with Crippen molar-refractivity contribution in [2.75, 3.05) is 0 Å². The van der Waals surface area contributed by atoms with Gasteiger partial charge in [0.2, 0.25) is 0 Å². The molecule has 0 saturated heterocycles. The van der Waals surface area contributed by atoms with Gasteiger partial charge in [-0.05, 0) is 44.2 Å². The average molecular weight is 405 g/mol. The fraction of sp³-hybridized carbons (Fsp3) is 0.696. The molecule has 0 aromatic carbocycles. The van der Waals surface area contributed by atoms with E-state index in [0.717, 1.165) is 18.4 Å². The molecule has 1 heterocycles. The predicted octanol–water partition coefficient (Wildman–Crippen LogP) is 5.16. The van der Waals surface area contributed by atoms with E-state index < -0.39 is 17.4 Å². The number of aromatic nitrogens is 1. The number of carboxylic acid groups (broad SMARTS) is 1. The van der Waals surface area contributed by atoms with Gasteiger partial charge in [0, 0.05) is 11.7 Å². The van der Waals surface area contributed by atoms with Crippen molar-refractivity contribution in [3.63, 3.8) is 0 Å². The molecule has 162 valence electrons. The van der Waals surface area contributed by atoms with Crippen LogP contribution in [-0.2, 0) is 4.79 Å². The van der Waals surface area contributed by atoms with Crippen LogP contribution in [-0.4, -0.2) is 32.6 Å². The molecule has 0 radical (unpaired) electrons. The molecule has 0 unspecified atom stereocenters. The largest absolute Gasteiger partial charge is 0.505 e. The molecular formula is C23H36N2O4. The predicted molar refractivity (Wildman–Crippen MR) is 113 cm³/mol. The molecule has 1 aliphatic rings. The number of hydrogen-bond acceptors (Lipinski definition) is 4. The molecule has 0 spiro atoms. The van der Waals surface area contributed by atoms with Gasteiger partial charge in [0.05, 0.1) is 6.42 Å². The molecule has 1 aromatic heterocycles. The Hall–Kier alpha value is -2.11. The second-order valence-electron chi connectivity index (χ2n) is 9.00. The molecule has 0 atom stereocenters. The Morgan fingerprint density at radius 2 is 1.55 bits per heavy atom. The van der Waals surface area contributed by atoms with Crippen LogP contribution in [0.15, 0.2) is 12.3 Å². The lowest BCUT2D eigenvalue weighted by Crippen LogP contribution is -2.45. The van der Waals surface area contributed by atoms with E-state index in [1.807, 2.05) is 0 Å². The lowest BCUT2D eigenvalue weighted by Gasteiger charge is -2.24. The summed E-state index contributed by atoms with van der Waals surface area (Å²) in [5.41, 5.74) is 0.00438. The summed E-state index contributed by atoms with van der Waals surface area (Å²) in [4.78, 5) is 27.7. The van der Waals surface area contributed by atoms with E-state index in [1.165, 1.54) is 57.8 Å². The number of aromatic hydroxyl groups is 1. The first-order chi connectivity index (χ1) is 13.8. The fourth-order valence-electron chi connectivity index (χ4n) is 4.15. The minimum Gasteiger partial charge on any atom is -0.505 e. The van der Waals surface area contributed by atoms with Crippen molar-refractivity contribution in [2.24, 2.45) is 0 Å². The maximum atomic E-state index is 12.5. The minimum atomic E-state index is -0.995. The van der Waals surface area contributed by atoms with Gasteiger partial charge in [-0.1, -0.05) is 57.8 Å². The SMILES string of the molecule is CC(C)(CC(=O)O)NC(=O)c1ncc(C2CCCCCCCCCCC2)cc1O. The van der Waals surface area contributed by atoms with Crippen LogP contribution in [0.4, 0.5) is 0 Å². The third-order valence-electron chi connectivity index (χ3n) is 5.73. The highest BCUT2D eigenvalue weighted by molar-refractivity contribution is 5.95. The van der Waals surface area contributed by atoms with Gasteiger partial charge in [0.25, 0.3) is 5.91 Å². The van der Waals surface area contributed by atoms with Crippen LogP contribution in [0.2, 0.25) is 0 Å². The third kappa shape index (κ3) is 8.03. The summed E-state index contributed by atoms with van der Waals surface area (Å²) in [5, 5.41) is 22.1. The second kappa shape index (κ2) is 11.2. The highest BCUT2D eigenvalue weighted by Gasteiger charge is 2.26. The lowest BCUT2D eigenvalue weighted by molar-refractivity contribution is -0.138. The highest BCUT2D eigenvalue weighted by atomic mass is 16.4. The fourth-order valence-corrected chi connectivity index (χ4v) is 4.15. The normalized spacial score (nSPS) is 17.7. The molecule has 1 amide bonds. The number of nitrogens with one attached hydrogen (secondary N) is 1. The summed E-state index contributed by atoms with van der Waals surface area (Å²) in [5.74, 6) is -1.34. The van der Waals surface area contributed by atoms with Gasteiger partial charge in [-0.2, -0.15) is 0 Å². The molecule has 2 rings (SSSR count). The van der Waals surface area contributed by atoms with Crippen molar-refractivity contribution >= 4 is 11.9 Å². The molecule has 1 aliphatic carbocycles. The molecular weight excluding hydrogens is 368 g/mol. The van der Waals surface area contributed by atoms with Crippen molar-refractivity contribution in [3.05, 3.63) is 23.5 Å². The summed E-state index contributed by atoms with van der Waals surface area (Å²) >= 11 is 0. The van der Waals surface area contributed by atoms with Gasteiger partial charge in [-0.15, -0.1) is 0 Å². The Bertz CT molecular complexity index is 675.